The Kier molecular flexibility index (Phi) is 3.01. The molecule has 100 valence electrons. The van der Waals surface area contributed by atoms with Crippen LogP contribution in [0.4, 0.5) is 0 Å². The van der Waals surface area contributed by atoms with Crippen LogP contribution in [0.1, 0.15) is 37.1 Å². The first kappa shape index (κ1) is 13.2. The summed E-state index contributed by atoms with van der Waals surface area (Å²) < 4.78 is 0. The Labute approximate surface area is 122 Å². The van der Waals surface area contributed by atoms with E-state index in [0.29, 0.717) is 10.0 Å². The Morgan fingerprint density at radius 2 is 1.95 bits per heavy atom. The second-order valence-electron chi connectivity index (χ2n) is 5.77. The molecule has 1 aliphatic rings. The third-order valence-corrected chi connectivity index (χ3v) is 4.19. The molecule has 0 spiro atoms. The van der Waals surface area contributed by atoms with E-state index in [1.807, 2.05) is 19.9 Å². The summed E-state index contributed by atoms with van der Waals surface area (Å²) in [5.41, 5.74) is 10.4. The molecule has 4 heteroatoms. The van der Waals surface area contributed by atoms with Crippen molar-refractivity contribution in [3.63, 3.8) is 0 Å². The van der Waals surface area contributed by atoms with E-state index >= 15 is 0 Å². The van der Waals surface area contributed by atoms with Gasteiger partial charge in [0.25, 0.3) is 0 Å². The summed E-state index contributed by atoms with van der Waals surface area (Å²) >= 11 is 12.5. The number of hydrogen-bond donors (Lipinski definition) is 1. The normalized spacial score (nSPS) is 15.0. The van der Waals surface area contributed by atoms with Crippen LogP contribution in [0, 0.1) is 0 Å². The van der Waals surface area contributed by atoms with Crippen LogP contribution in [-0.4, -0.2) is 4.98 Å². The highest BCUT2D eigenvalue weighted by Gasteiger charge is 2.28. The molecule has 0 saturated carbocycles. The maximum atomic E-state index is 6.40. The van der Waals surface area contributed by atoms with Crippen LogP contribution < -0.4 is 5.73 Å². The highest BCUT2D eigenvalue weighted by atomic mass is 35.5. The van der Waals surface area contributed by atoms with E-state index in [0.717, 1.165) is 41.4 Å². The van der Waals surface area contributed by atoms with Crippen molar-refractivity contribution in [2.75, 3.05) is 0 Å². The third kappa shape index (κ3) is 2.12. The van der Waals surface area contributed by atoms with Crippen LogP contribution in [-0.2, 0) is 18.4 Å². The Morgan fingerprint density at radius 3 is 2.63 bits per heavy atom. The number of rotatable bonds is 1. The van der Waals surface area contributed by atoms with Gasteiger partial charge in [-0.25, -0.2) is 0 Å². The van der Waals surface area contributed by atoms with E-state index in [9.17, 15) is 0 Å². The largest absolute Gasteiger partial charge is 0.322 e. The molecule has 2 N–H and O–H groups in total. The van der Waals surface area contributed by atoms with Crippen LogP contribution in [0.25, 0.3) is 10.9 Å². The molecule has 2 nitrogen and oxygen atoms in total. The van der Waals surface area contributed by atoms with Gasteiger partial charge in [-0.2, -0.15) is 0 Å². The maximum Gasteiger partial charge on any atom is 0.0738 e. The number of fused-ring (bicyclic) bond motifs is 2. The molecular weight excluding hydrogens is 279 g/mol. The molecule has 1 heterocycles. The average Bonchev–Trinajstić information content (AvgIpc) is 2.71. The summed E-state index contributed by atoms with van der Waals surface area (Å²) in [5, 5.41) is 2.21. The van der Waals surface area contributed by atoms with E-state index in [-0.39, 0.29) is 0 Å². The molecule has 0 radical (unpaired) electrons. The standard InChI is InChI=1S/C15H16Cl2N2/c1-15(2,18)14-9-4-3-5-11(9)19-12-7-8(16)6-10(17)13(12)14/h6-7H,3-5,18H2,1-2H3. The number of halogens is 2. The van der Waals surface area contributed by atoms with Gasteiger partial charge in [-0.1, -0.05) is 23.2 Å². The number of pyridine rings is 1. The number of aryl methyl sites for hydroxylation is 1. The third-order valence-electron chi connectivity index (χ3n) is 3.67. The van der Waals surface area contributed by atoms with E-state index in [4.69, 9.17) is 33.9 Å². The molecule has 0 aliphatic heterocycles. The highest BCUT2D eigenvalue weighted by Crippen LogP contribution is 2.39. The molecule has 19 heavy (non-hydrogen) atoms. The zero-order valence-corrected chi connectivity index (χ0v) is 12.6. The van der Waals surface area contributed by atoms with Crippen molar-refractivity contribution >= 4 is 34.1 Å². The second-order valence-corrected chi connectivity index (χ2v) is 6.61. The zero-order valence-electron chi connectivity index (χ0n) is 11.1. The molecule has 1 aromatic heterocycles. The molecule has 0 amide bonds. The van der Waals surface area contributed by atoms with Crippen molar-refractivity contribution in [2.24, 2.45) is 5.73 Å². The first-order valence-electron chi connectivity index (χ1n) is 6.48. The number of aromatic nitrogens is 1. The monoisotopic (exact) mass is 294 g/mol. The zero-order chi connectivity index (χ0) is 13.8. The maximum absolute atomic E-state index is 6.40. The summed E-state index contributed by atoms with van der Waals surface area (Å²) in [6.07, 6.45) is 3.18. The van der Waals surface area contributed by atoms with Gasteiger partial charge >= 0.3 is 0 Å². The van der Waals surface area contributed by atoms with Gasteiger partial charge in [0, 0.05) is 21.6 Å². The SMILES string of the molecule is CC(C)(N)c1c2c(nc3cc(Cl)cc(Cl)c13)CCC2. The summed E-state index contributed by atoms with van der Waals surface area (Å²) in [6, 6.07) is 3.64. The van der Waals surface area contributed by atoms with Gasteiger partial charge < -0.3 is 5.73 Å². The summed E-state index contributed by atoms with van der Waals surface area (Å²) in [5.74, 6) is 0. The fourth-order valence-corrected chi connectivity index (χ4v) is 3.60. The van der Waals surface area contributed by atoms with E-state index < -0.39 is 5.54 Å². The fraction of sp³-hybridized carbons (Fsp3) is 0.400. The number of hydrogen-bond acceptors (Lipinski definition) is 2. The van der Waals surface area contributed by atoms with Crippen LogP contribution in [0.15, 0.2) is 12.1 Å². The summed E-state index contributed by atoms with van der Waals surface area (Å²) in [6.45, 7) is 4.04. The Hall–Kier alpha value is -0.830. The first-order chi connectivity index (χ1) is 8.88. The molecule has 0 fully saturated rings. The minimum Gasteiger partial charge on any atom is -0.322 e. The Morgan fingerprint density at radius 1 is 1.21 bits per heavy atom. The summed E-state index contributed by atoms with van der Waals surface area (Å²) in [7, 11) is 0. The predicted molar refractivity (Wildman–Crippen MR) is 81.0 cm³/mol. The highest BCUT2D eigenvalue weighted by molar-refractivity contribution is 6.38. The Balaban J connectivity index is 2.49. The van der Waals surface area contributed by atoms with Crippen LogP contribution in [0.5, 0.6) is 0 Å². The fourth-order valence-electron chi connectivity index (χ4n) is 3.02. The molecular formula is C15H16Cl2N2. The van der Waals surface area contributed by atoms with Crippen molar-refractivity contribution in [3.8, 4) is 0 Å². The number of benzene rings is 1. The molecule has 0 saturated heterocycles. The van der Waals surface area contributed by atoms with Gasteiger partial charge in [0.15, 0.2) is 0 Å². The van der Waals surface area contributed by atoms with Crippen molar-refractivity contribution in [1.82, 2.24) is 4.98 Å². The molecule has 1 aliphatic carbocycles. The lowest BCUT2D eigenvalue weighted by atomic mass is 9.87. The predicted octanol–water partition coefficient (Wildman–Crippen LogP) is 4.22. The van der Waals surface area contributed by atoms with Gasteiger partial charge in [-0.3, -0.25) is 4.98 Å². The topological polar surface area (TPSA) is 38.9 Å². The molecule has 0 bridgehead atoms. The molecule has 2 aromatic rings. The lowest BCUT2D eigenvalue weighted by molar-refractivity contribution is 0.553. The van der Waals surface area contributed by atoms with Gasteiger partial charge in [0.05, 0.1) is 10.5 Å². The van der Waals surface area contributed by atoms with Crippen molar-refractivity contribution in [2.45, 2.75) is 38.6 Å². The molecule has 1 aromatic carbocycles. The number of nitrogens with two attached hydrogens (primary N) is 1. The smallest absolute Gasteiger partial charge is 0.0738 e. The first-order valence-corrected chi connectivity index (χ1v) is 7.23. The van der Waals surface area contributed by atoms with Crippen molar-refractivity contribution in [3.05, 3.63) is 39.0 Å². The molecule has 0 atom stereocenters. The minimum absolute atomic E-state index is 0.437. The minimum atomic E-state index is -0.437. The van der Waals surface area contributed by atoms with E-state index in [1.165, 1.54) is 5.56 Å². The van der Waals surface area contributed by atoms with Crippen LogP contribution in [0.2, 0.25) is 10.0 Å². The van der Waals surface area contributed by atoms with E-state index in [2.05, 4.69) is 0 Å². The lowest BCUT2D eigenvalue weighted by Crippen LogP contribution is -2.30. The van der Waals surface area contributed by atoms with Crippen LogP contribution in [0.3, 0.4) is 0 Å². The second kappa shape index (κ2) is 4.34. The molecule has 3 rings (SSSR count). The molecule has 0 unspecified atom stereocenters. The van der Waals surface area contributed by atoms with Crippen molar-refractivity contribution in [1.29, 1.82) is 0 Å². The quantitative estimate of drug-likeness (QED) is 0.855. The van der Waals surface area contributed by atoms with Gasteiger partial charge in [-0.15, -0.1) is 0 Å². The van der Waals surface area contributed by atoms with Gasteiger partial charge in [-0.05, 0) is 56.4 Å². The van der Waals surface area contributed by atoms with Crippen molar-refractivity contribution < 1.29 is 0 Å². The van der Waals surface area contributed by atoms with Gasteiger partial charge in [0.2, 0.25) is 0 Å². The number of nitrogens with zero attached hydrogens (tertiary/aromatic N) is 1. The van der Waals surface area contributed by atoms with E-state index in [1.54, 1.807) is 6.07 Å². The van der Waals surface area contributed by atoms with Gasteiger partial charge in [0.1, 0.15) is 0 Å². The summed E-state index contributed by atoms with van der Waals surface area (Å²) in [4.78, 5) is 4.73. The Bertz CT molecular complexity index is 672. The average molecular weight is 295 g/mol. The van der Waals surface area contributed by atoms with Crippen LogP contribution >= 0.6 is 23.2 Å². The lowest BCUT2D eigenvalue weighted by Gasteiger charge is -2.25.